The summed E-state index contributed by atoms with van der Waals surface area (Å²) in [6, 6.07) is 69.3. The van der Waals surface area contributed by atoms with Crippen LogP contribution in [0.3, 0.4) is 0 Å². The van der Waals surface area contributed by atoms with E-state index in [9.17, 15) is 0 Å². The normalized spacial score (nSPS) is 11.5. The van der Waals surface area contributed by atoms with Gasteiger partial charge in [-0.05, 0) is 83.5 Å². The van der Waals surface area contributed by atoms with Gasteiger partial charge in [0.1, 0.15) is 0 Å². The zero-order valence-corrected chi connectivity index (χ0v) is 28.4. The lowest BCUT2D eigenvalue weighted by molar-refractivity contribution is 1.18. The van der Waals surface area contributed by atoms with E-state index in [2.05, 4.69) is 188 Å². The summed E-state index contributed by atoms with van der Waals surface area (Å²) in [6.45, 7) is 0. The third kappa shape index (κ3) is 5.21. The second-order valence-electron chi connectivity index (χ2n) is 13.4. The minimum atomic E-state index is 0.701. The Morgan fingerprint density at radius 3 is 1.65 bits per heavy atom. The van der Waals surface area contributed by atoms with Crippen LogP contribution >= 0.6 is 0 Å². The number of aromatic nitrogens is 2. The highest BCUT2D eigenvalue weighted by molar-refractivity contribution is 6.20. The second kappa shape index (κ2) is 12.5. The van der Waals surface area contributed by atoms with Gasteiger partial charge in [0.05, 0.1) is 11.4 Å². The molecule has 0 amide bonds. The number of hydrogen-bond donors (Lipinski definition) is 0. The average molecular weight is 661 g/mol. The maximum Gasteiger partial charge on any atom is 0.160 e. The first-order valence-corrected chi connectivity index (χ1v) is 17.7. The van der Waals surface area contributed by atoms with Crippen molar-refractivity contribution >= 4 is 43.1 Å². The van der Waals surface area contributed by atoms with Gasteiger partial charge in [0, 0.05) is 16.7 Å². The van der Waals surface area contributed by atoms with Gasteiger partial charge >= 0.3 is 0 Å². The predicted octanol–water partition coefficient (Wildman–Crippen LogP) is 13.4. The van der Waals surface area contributed by atoms with E-state index in [1.165, 1.54) is 59.8 Å². The zero-order valence-electron chi connectivity index (χ0n) is 28.4. The third-order valence-electron chi connectivity index (χ3n) is 10.3. The van der Waals surface area contributed by atoms with Crippen molar-refractivity contribution in [1.82, 2.24) is 9.97 Å². The number of rotatable bonds is 5. The first-order valence-electron chi connectivity index (χ1n) is 17.7. The summed E-state index contributed by atoms with van der Waals surface area (Å²) in [4.78, 5) is 10.4. The van der Waals surface area contributed by atoms with Gasteiger partial charge in [0.2, 0.25) is 0 Å². The number of fused-ring (bicyclic) bond motifs is 5. The van der Waals surface area contributed by atoms with Crippen LogP contribution < -0.4 is 0 Å². The molecule has 0 saturated heterocycles. The Balaban J connectivity index is 1.11. The largest absolute Gasteiger partial charge is 0.228 e. The van der Waals surface area contributed by atoms with E-state index in [-0.39, 0.29) is 0 Å². The summed E-state index contributed by atoms with van der Waals surface area (Å²) >= 11 is 0. The van der Waals surface area contributed by atoms with E-state index in [0.717, 1.165) is 33.6 Å². The van der Waals surface area contributed by atoms with Crippen molar-refractivity contribution in [2.24, 2.45) is 0 Å². The Bertz CT molecular complexity index is 2940. The van der Waals surface area contributed by atoms with Gasteiger partial charge in [-0.25, -0.2) is 9.97 Å². The fraction of sp³-hybridized carbons (Fsp3) is 0. The van der Waals surface area contributed by atoms with Gasteiger partial charge in [0.25, 0.3) is 0 Å². The van der Waals surface area contributed by atoms with E-state index >= 15 is 0 Å². The quantitative estimate of drug-likeness (QED) is 0.136. The van der Waals surface area contributed by atoms with Crippen LogP contribution in [0.25, 0.3) is 99.2 Å². The summed E-state index contributed by atoms with van der Waals surface area (Å²) in [5, 5.41) is 9.99. The van der Waals surface area contributed by atoms with Gasteiger partial charge in [-0.2, -0.15) is 0 Å². The standard InChI is InChI=1S/C50H32N2/c1-2-14-35(15-3-1)47-32-48(40-19-10-18-38(30-40)43-23-11-17-33-12-4-7-20-41(33)43)52-50(51-47)37-26-24-36(25-27-37)49-44-22-9-6-16-39(44)31-46-42-21-8-5-13-34(42)28-29-45(46)49/h1-32H. The van der Waals surface area contributed by atoms with Crippen LogP contribution in [-0.2, 0) is 0 Å². The summed E-state index contributed by atoms with van der Waals surface area (Å²) in [5.41, 5.74) is 9.66. The fourth-order valence-corrected chi connectivity index (χ4v) is 7.72. The molecule has 0 unspecified atom stereocenters. The Morgan fingerprint density at radius 2 is 0.846 bits per heavy atom. The minimum Gasteiger partial charge on any atom is -0.228 e. The molecule has 0 aliphatic rings. The zero-order chi connectivity index (χ0) is 34.4. The molecule has 0 aliphatic heterocycles. The van der Waals surface area contributed by atoms with E-state index in [1.807, 2.05) is 6.07 Å². The van der Waals surface area contributed by atoms with E-state index in [1.54, 1.807) is 0 Å². The SMILES string of the molecule is c1ccc(-c2cc(-c3cccc(-c4cccc5ccccc45)c3)nc(-c3ccc(-c4c5ccccc5cc5c4ccc4ccccc45)cc3)n2)cc1. The summed E-state index contributed by atoms with van der Waals surface area (Å²) in [5.74, 6) is 0.701. The van der Waals surface area contributed by atoms with Gasteiger partial charge in [-0.15, -0.1) is 0 Å². The van der Waals surface area contributed by atoms with Crippen LogP contribution in [0.15, 0.2) is 194 Å². The molecule has 2 heteroatoms. The first kappa shape index (κ1) is 30.0. The Hall–Kier alpha value is -6.90. The highest BCUT2D eigenvalue weighted by Gasteiger charge is 2.15. The number of nitrogens with zero attached hydrogens (tertiary/aromatic N) is 2. The van der Waals surface area contributed by atoms with Crippen LogP contribution in [0.1, 0.15) is 0 Å². The molecule has 0 aliphatic carbocycles. The lowest BCUT2D eigenvalue weighted by Gasteiger charge is -2.15. The fourth-order valence-electron chi connectivity index (χ4n) is 7.72. The van der Waals surface area contributed by atoms with Gasteiger partial charge in [-0.1, -0.05) is 176 Å². The second-order valence-corrected chi connectivity index (χ2v) is 13.4. The summed E-state index contributed by atoms with van der Waals surface area (Å²) in [7, 11) is 0. The third-order valence-corrected chi connectivity index (χ3v) is 10.3. The molecule has 0 saturated carbocycles. The summed E-state index contributed by atoms with van der Waals surface area (Å²) in [6.07, 6.45) is 0. The van der Waals surface area contributed by atoms with Crippen LogP contribution in [0.2, 0.25) is 0 Å². The molecule has 2 nitrogen and oxygen atoms in total. The molecule has 0 spiro atoms. The predicted molar refractivity (Wildman–Crippen MR) is 219 cm³/mol. The summed E-state index contributed by atoms with van der Waals surface area (Å²) < 4.78 is 0. The molecule has 242 valence electrons. The molecular weight excluding hydrogens is 629 g/mol. The van der Waals surface area contributed by atoms with Crippen molar-refractivity contribution in [3.63, 3.8) is 0 Å². The molecule has 0 bridgehead atoms. The van der Waals surface area contributed by atoms with Crippen molar-refractivity contribution in [1.29, 1.82) is 0 Å². The van der Waals surface area contributed by atoms with Crippen LogP contribution in [-0.4, -0.2) is 9.97 Å². The van der Waals surface area contributed by atoms with Crippen molar-refractivity contribution in [2.45, 2.75) is 0 Å². The van der Waals surface area contributed by atoms with Gasteiger partial charge in [0.15, 0.2) is 5.82 Å². The molecule has 0 radical (unpaired) electrons. The van der Waals surface area contributed by atoms with Crippen molar-refractivity contribution in [3.05, 3.63) is 194 Å². The van der Waals surface area contributed by atoms with E-state index < -0.39 is 0 Å². The van der Waals surface area contributed by atoms with Crippen molar-refractivity contribution in [2.75, 3.05) is 0 Å². The molecule has 10 aromatic rings. The molecule has 52 heavy (non-hydrogen) atoms. The lowest BCUT2D eigenvalue weighted by atomic mass is 9.89. The molecule has 1 aromatic heterocycles. The van der Waals surface area contributed by atoms with Gasteiger partial charge in [-0.3, -0.25) is 0 Å². The number of hydrogen-bond acceptors (Lipinski definition) is 2. The maximum atomic E-state index is 5.22. The maximum absolute atomic E-state index is 5.22. The Morgan fingerprint density at radius 1 is 0.269 bits per heavy atom. The molecule has 0 N–H and O–H groups in total. The van der Waals surface area contributed by atoms with Crippen molar-refractivity contribution < 1.29 is 0 Å². The van der Waals surface area contributed by atoms with E-state index in [0.29, 0.717) is 5.82 Å². The van der Waals surface area contributed by atoms with E-state index in [4.69, 9.17) is 9.97 Å². The first-order chi connectivity index (χ1) is 25.8. The van der Waals surface area contributed by atoms with Crippen LogP contribution in [0.5, 0.6) is 0 Å². The smallest absolute Gasteiger partial charge is 0.160 e. The monoisotopic (exact) mass is 660 g/mol. The lowest BCUT2D eigenvalue weighted by Crippen LogP contribution is -1.96. The Kier molecular flexibility index (Phi) is 7.18. The highest BCUT2D eigenvalue weighted by atomic mass is 14.9. The van der Waals surface area contributed by atoms with Crippen LogP contribution in [0, 0.1) is 0 Å². The highest BCUT2D eigenvalue weighted by Crippen LogP contribution is 2.40. The average Bonchev–Trinajstić information content (AvgIpc) is 3.23. The molecule has 10 rings (SSSR count). The molecular formula is C50H32N2. The molecule has 1 heterocycles. The van der Waals surface area contributed by atoms with Crippen molar-refractivity contribution in [3.8, 4) is 56.2 Å². The van der Waals surface area contributed by atoms with Crippen LogP contribution in [0.4, 0.5) is 0 Å². The molecule has 9 aromatic carbocycles. The Labute approximate surface area is 302 Å². The topological polar surface area (TPSA) is 25.8 Å². The minimum absolute atomic E-state index is 0.701. The molecule has 0 atom stereocenters. The number of benzene rings is 9. The molecule has 0 fully saturated rings. The van der Waals surface area contributed by atoms with Gasteiger partial charge < -0.3 is 0 Å².